The molecule has 3 heteroatoms. The Kier molecular flexibility index (Phi) is 3.33. The normalized spacial score (nSPS) is 28.2. The monoisotopic (exact) mass is 272 g/mol. The first-order chi connectivity index (χ1) is 9.48. The Hall–Kier alpha value is -1.35. The zero-order valence-corrected chi connectivity index (χ0v) is 12.4. The molecule has 0 saturated carbocycles. The number of piperidine rings is 1. The molecule has 0 spiro atoms. The Morgan fingerprint density at radius 3 is 2.15 bits per heavy atom. The molecule has 1 heterocycles. The molecule has 2 aliphatic rings. The molecule has 3 rings (SSSR count). The molecule has 1 aliphatic carbocycles. The van der Waals surface area contributed by atoms with Crippen molar-refractivity contribution in [3.63, 3.8) is 0 Å². The van der Waals surface area contributed by atoms with Crippen LogP contribution in [0, 0.1) is 11.8 Å². The Bertz CT molecular complexity index is 490. The Morgan fingerprint density at radius 1 is 1.15 bits per heavy atom. The Morgan fingerprint density at radius 2 is 1.65 bits per heavy atom. The predicted octanol–water partition coefficient (Wildman–Crippen LogP) is 1.99. The predicted molar refractivity (Wildman–Crippen MR) is 80.3 cm³/mol. The highest BCUT2D eigenvalue weighted by atomic mass is 16.2. The molecule has 1 aliphatic heterocycles. The standard InChI is InChI=1S/C17H24N2O/c1-12-7-13(2)11-19(10-12)16(20)17(18)8-14-5-3-4-6-15(14)9-17/h3-6,12-13H,7-11,18H2,1-2H3/t12-,13+. The summed E-state index contributed by atoms with van der Waals surface area (Å²) in [4.78, 5) is 14.9. The summed E-state index contributed by atoms with van der Waals surface area (Å²) in [5, 5.41) is 0. The molecule has 1 aromatic rings. The summed E-state index contributed by atoms with van der Waals surface area (Å²) in [6.07, 6.45) is 2.57. The number of fused-ring (bicyclic) bond motifs is 1. The number of likely N-dealkylation sites (tertiary alicyclic amines) is 1. The van der Waals surface area contributed by atoms with Gasteiger partial charge in [-0.05, 0) is 42.2 Å². The van der Waals surface area contributed by atoms with Crippen molar-refractivity contribution in [3.05, 3.63) is 35.4 Å². The number of nitrogens with two attached hydrogens (primary N) is 1. The van der Waals surface area contributed by atoms with Gasteiger partial charge in [0.15, 0.2) is 0 Å². The van der Waals surface area contributed by atoms with Crippen molar-refractivity contribution in [2.45, 2.75) is 38.6 Å². The van der Waals surface area contributed by atoms with E-state index in [1.807, 2.05) is 17.0 Å². The van der Waals surface area contributed by atoms with Gasteiger partial charge >= 0.3 is 0 Å². The van der Waals surface area contributed by atoms with Crippen LogP contribution in [-0.2, 0) is 17.6 Å². The maximum absolute atomic E-state index is 12.9. The number of nitrogens with zero attached hydrogens (tertiary/aromatic N) is 1. The van der Waals surface area contributed by atoms with E-state index >= 15 is 0 Å². The van der Waals surface area contributed by atoms with Gasteiger partial charge < -0.3 is 10.6 Å². The van der Waals surface area contributed by atoms with Crippen LogP contribution in [0.4, 0.5) is 0 Å². The summed E-state index contributed by atoms with van der Waals surface area (Å²) < 4.78 is 0. The maximum atomic E-state index is 12.9. The van der Waals surface area contributed by atoms with Gasteiger partial charge in [-0.25, -0.2) is 0 Å². The molecule has 108 valence electrons. The third kappa shape index (κ3) is 2.35. The number of carbonyl (C=O) groups excluding carboxylic acids is 1. The van der Waals surface area contributed by atoms with Crippen LogP contribution in [0.2, 0.25) is 0 Å². The Labute approximate surface area is 121 Å². The van der Waals surface area contributed by atoms with Gasteiger partial charge in [0, 0.05) is 13.1 Å². The quantitative estimate of drug-likeness (QED) is 0.850. The highest BCUT2D eigenvalue weighted by molar-refractivity contribution is 5.88. The summed E-state index contributed by atoms with van der Waals surface area (Å²) in [6.45, 7) is 6.17. The first-order valence-electron chi connectivity index (χ1n) is 7.63. The third-order valence-electron chi connectivity index (χ3n) is 4.71. The molecule has 2 N–H and O–H groups in total. The van der Waals surface area contributed by atoms with E-state index in [4.69, 9.17) is 5.73 Å². The van der Waals surface area contributed by atoms with Gasteiger partial charge in [0.1, 0.15) is 5.54 Å². The smallest absolute Gasteiger partial charge is 0.243 e. The van der Waals surface area contributed by atoms with Crippen LogP contribution in [0.25, 0.3) is 0 Å². The zero-order chi connectivity index (χ0) is 14.3. The zero-order valence-electron chi connectivity index (χ0n) is 12.4. The molecule has 0 bridgehead atoms. The van der Waals surface area contributed by atoms with Crippen LogP contribution in [0.5, 0.6) is 0 Å². The van der Waals surface area contributed by atoms with Gasteiger partial charge in [0.25, 0.3) is 0 Å². The minimum atomic E-state index is -0.722. The van der Waals surface area contributed by atoms with Gasteiger partial charge in [-0.1, -0.05) is 38.1 Å². The SMILES string of the molecule is C[C@@H]1C[C@H](C)CN(C(=O)C2(N)Cc3ccccc3C2)C1. The molecule has 0 unspecified atom stereocenters. The van der Waals surface area contributed by atoms with Crippen LogP contribution < -0.4 is 5.73 Å². The molecule has 1 amide bonds. The molecule has 1 saturated heterocycles. The second-order valence-corrected chi connectivity index (χ2v) is 6.93. The van der Waals surface area contributed by atoms with E-state index in [-0.39, 0.29) is 5.91 Å². The first kappa shape index (κ1) is 13.6. The van der Waals surface area contributed by atoms with Crippen molar-refractivity contribution in [1.82, 2.24) is 4.90 Å². The average Bonchev–Trinajstić information content (AvgIpc) is 2.74. The molecular weight excluding hydrogens is 248 g/mol. The summed E-state index contributed by atoms with van der Waals surface area (Å²) in [5.41, 5.74) is 8.24. The second kappa shape index (κ2) is 4.88. The van der Waals surface area contributed by atoms with Gasteiger partial charge in [-0.15, -0.1) is 0 Å². The summed E-state index contributed by atoms with van der Waals surface area (Å²) in [6, 6.07) is 8.25. The summed E-state index contributed by atoms with van der Waals surface area (Å²) in [7, 11) is 0. The lowest BCUT2D eigenvalue weighted by atomic mass is 9.88. The van der Waals surface area contributed by atoms with Gasteiger partial charge in [0.2, 0.25) is 5.91 Å². The van der Waals surface area contributed by atoms with Crippen LogP contribution >= 0.6 is 0 Å². The number of amides is 1. The maximum Gasteiger partial charge on any atom is 0.243 e. The average molecular weight is 272 g/mol. The minimum Gasteiger partial charge on any atom is -0.341 e. The topological polar surface area (TPSA) is 46.3 Å². The molecule has 0 aromatic heterocycles. The lowest BCUT2D eigenvalue weighted by molar-refractivity contribution is -0.139. The summed E-state index contributed by atoms with van der Waals surface area (Å²) >= 11 is 0. The van der Waals surface area contributed by atoms with Crippen LogP contribution in [0.15, 0.2) is 24.3 Å². The molecule has 2 atom stereocenters. The number of carbonyl (C=O) groups is 1. The van der Waals surface area contributed by atoms with Gasteiger partial charge in [-0.2, -0.15) is 0 Å². The first-order valence-corrected chi connectivity index (χ1v) is 7.63. The molecule has 3 nitrogen and oxygen atoms in total. The fourth-order valence-electron chi connectivity index (χ4n) is 3.94. The number of hydrogen-bond donors (Lipinski definition) is 1. The molecule has 0 radical (unpaired) electrons. The van der Waals surface area contributed by atoms with Crippen molar-refractivity contribution in [3.8, 4) is 0 Å². The molecule has 1 fully saturated rings. The molecule has 20 heavy (non-hydrogen) atoms. The van der Waals surface area contributed by atoms with E-state index < -0.39 is 5.54 Å². The van der Waals surface area contributed by atoms with E-state index in [1.54, 1.807) is 0 Å². The van der Waals surface area contributed by atoms with Gasteiger partial charge in [0.05, 0.1) is 0 Å². The third-order valence-corrected chi connectivity index (χ3v) is 4.71. The summed E-state index contributed by atoms with van der Waals surface area (Å²) in [5.74, 6) is 1.30. The van der Waals surface area contributed by atoms with E-state index in [0.29, 0.717) is 24.7 Å². The number of rotatable bonds is 1. The number of benzene rings is 1. The fraction of sp³-hybridized carbons (Fsp3) is 0.588. The largest absolute Gasteiger partial charge is 0.341 e. The second-order valence-electron chi connectivity index (χ2n) is 6.93. The number of hydrogen-bond acceptors (Lipinski definition) is 2. The van der Waals surface area contributed by atoms with Crippen LogP contribution in [0.1, 0.15) is 31.4 Å². The van der Waals surface area contributed by atoms with E-state index in [0.717, 1.165) is 13.1 Å². The Balaban J connectivity index is 1.78. The highest BCUT2D eigenvalue weighted by Gasteiger charge is 2.43. The van der Waals surface area contributed by atoms with Crippen molar-refractivity contribution in [2.75, 3.05) is 13.1 Å². The lowest BCUT2D eigenvalue weighted by Gasteiger charge is -2.39. The fourth-order valence-corrected chi connectivity index (χ4v) is 3.94. The highest BCUT2D eigenvalue weighted by Crippen LogP contribution is 2.31. The van der Waals surface area contributed by atoms with Crippen molar-refractivity contribution < 1.29 is 4.79 Å². The van der Waals surface area contributed by atoms with Crippen LogP contribution in [-0.4, -0.2) is 29.4 Å². The van der Waals surface area contributed by atoms with E-state index in [2.05, 4.69) is 26.0 Å². The lowest BCUT2D eigenvalue weighted by Crippen LogP contribution is -2.58. The van der Waals surface area contributed by atoms with E-state index in [1.165, 1.54) is 17.5 Å². The van der Waals surface area contributed by atoms with Crippen LogP contribution in [0.3, 0.4) is 0 Å². The molecule has 1 aromatic carbocycles. The van der Waals surface area contributed by atoms with Gasteiger partial charge in [-0.3, -0.25) is 4.79 Å². The molecular formula is C17H24N2O. The van der Waals surface area contributed by atoms with Crippen molar-refractivity contribution >= 4 is 5.91 Å². The minimum absolute atomic E-state index is 0.145. The van der Waals surface area contributed by atoms with Crippen molar-refractivity contribution in [1.29, 1.82) is 0 Å². The van der Waals surface area contributed by atoms with Crippen molar-refractivity contribution in [2.24, 2.45) is 17.6 Å². The van der Waals surface area contributed by atoms with E-state index in [9.17, 15) is 4.79 Å².